The van der Waals surface area contributed by atoms with Crippen LogP contribution in [0.1, 0.15) is 52.7 Å². The molecule has 168 valence electrons. The maximum Gasteiger partial charge on any atom is 0.416 e. The van der Waals surface area contributed by atoms with Gasteiger partial charge in [-0.25, -0.2) is 13.2 Å². The largest absolute Gasteiger partial charge is 0.478 e. The van der Waals surface area contributed by atoms with Crippen LogP contribution in [0.4, 0.5) is 18.9 Å². The Hall–Kier alpha value is -2.59. The normalized spacial score (nSPS) is 17.4. The summed E-state index contributed by atoms with van der Waals surface area (Å²) in [6.07, 6.45) is -2.81. The van der Waals surface area contributed by atoms with E-state index in [2.05, 4.69) is 10.0 Å². The topological polar surface area (TPSA) is 95.5 Å². The molecule has 10 heteroatoms. The fraction of sp³-hybridized carbons (Fsp3) is 0.381. The highest BCUT2D eigenvalue weighted by Crippen LogP contribution is 2.37. The molecule has 0 aromatic heterocycles. The number of hydrogen-bond donors (Lipinski definition) is 3. The summed E-state index contributed by atoms with van der Waals surface area (Å²) in [6.45, 7) is 3.02. The lowest BCUT2D eigenvalue weighted by Gasteiger charge is -2.26. The highest BCUT2D eigenvalue weighted by atomic mass is 32.2. The third-order valence-corrected chi connectivity index (χ3v) is 6.79. The van der Waals surface area contributed by atoms with E-state index in [1.54, 1.807) is 6.92 Å². The molecular formula is C21H23F3N2O4S. The van der Waals surface area contributed by atoms with Gasteiger partial charge in [-0.3, -0.25) is 4.72 Å². The molecule has 3 rings (SSSR count). The molecule has 1 unspecified atom stereocenters. The molecular weight excluding hydrogens is 433 g/mol. The minimum absolute atomic E-state index is 0.147. The van der Waals surface area contributed by atoms with E-state index < -0.39 is 27.7 Å². The monoisotopic (exact) mass is 456 g/mol. The summed E-state index contributed by atoms with van der Waals surface area (Å²) in [5.41, 5.74) is -0.501. The van der Waals surface area contributed by atoms with E-state index in [0.717, 1.165) is 31.2 Å². The van der Waals surface area contributed by atoms with Crippen LogP contribution in [0, 0.1) is 0 Å². The number of carbonyl (C=O) groups is 1. The number of aryl methyl sites for hydroxylation is 1. The summed E-state index contributed by atoms with van der Waals surface area (Å²) in [4.78, 5) is 11.0. The van der Waals surface area contributed by atoms with Crippen molar-refractivity contribution in [2.24, 2.45) is 0 Å². The molecule has 0 bridgehead atoms. The Morgan fingerprint density at radius 3 is 2.55 bits per heavy atom. The number of rotatable bonds is 6. The lowest BCUT2D eigenvalue weighted by molar-refractivity contribution is -0.137. The first-order valence-electron chi connectivity index (χ1n) is 9.84. The van der Waals surface area contributed by atoms with Crippen molar-refractivity contribution in [2.45, 2.75) is 43.2 Å². The quantitative estimate of drug-likeness (QED) is 0.605. The molecule has 1 aliphatic rings. The highest BCUT2D eigenvalue weighted by molar-refractivity contribution is 7.92. The molecule has 1 atom stereocenters. The molecule has 0 spiro atoms. The second-order valence-electron chi connectivity index (χ2n) is 7.43. The summed E-state index contributed by atoms with van der Waals surface area (Å²) in [5, 5.41) is 12.4. The SMILES string of the molecule is CCc1ccc(C(=O)O)cc1S(=O)(=O)Nc1cc(C(F)(F)F)ccc1C1CCCNC1. The van der Waals surface area contributed by atoms with Crippen LogP contribution in [-0.2, 0) is 22.6 Å². The standard InChI is InChI=1S/C21H23F3N2O4S/c1-2-13-5-6-14(20(27)28)10-19(13)31(29,30)26-18-11-16(21(22,23)24)7-8-17(18)15-4-3-9-25-12-15/h5-8,10-11,15,25-26H,2-4,9,12H2,1H3,(H,27,28). The number of hydrogen-bond acceptors (Lipinski definition) is 4. The summed E-state index contributed by atoms with van der Waals surface area (Å²) in [5.74, 6) is -1.45. The zero-order chi connectivity index (χ0) is 22.8. The molecule has 0 amide bonds. The van der Waals surface area contributed by atoms with Crippen molar-refractivity contribution in [1.82, 2.24) is 5.32 Å². The Morgan fingerprint density at radius 2 is 1.97 bits per heavy atom. The number of carboxylic acid groups (broad SMARTS) is 1. The fourth-order valence-corrected chi connectivity index (χ4v) is 5.14. The van der Waals surface area contributed by atoms with E-state index in [9.17, 15) is 31.5 Å². The minimum atomic E-state index is -4.64. The molecule has 0 aliphatic carbocycles. The number of anilines is 1. The Balaban J connectivity index is 2.09. The molecule has 1 fully saturated rings. The van der Waals surface area contributed by atoms with Gasteiger partial charge in [-0.1, -0.05) is 19.1 Å². The first kappa shape index (κ1) is 23.1. The lowest BCUT2D eigenvalue weighted by atomic mass is 9.90. The van der Waals surface area contributed by atoms with E-state index in [1.165, 1.54) is 18.2 Å². The summed E-state index contributed by atoms with van der Waals surface area (Å²) < 4.78 is 68.5. The van der Waals surface area contributed by atoms with E-state index in [0.29, 0.717) is 30.5 Å². The van der Waals surface area contributed by atoms with Crippen LogP contribution in [0.3, 0.4) is 0 Å². The van der Waals surface area contributed by atoms with Gasteiger partial charge in [-0.2, -0.15) is 13.2 Å². The van der Waals surface area contributed by atoms with Gasteiger partial charge in [0.15, 0.2) is 0 Å². The number of benzene rings is 2. The average Bonchev–Trinajstić information content (AvgIpc) is 2.73. The van der Waals surface area contributed by atoms with Crippen LogP contribution >= 0.6 is 0 Å². The average molecular weight is 456 g/mol. The number of carboxylic acids is 1. The Kier molecular flexibility index (Phi) is 6.61. The number of halogens is 3. The Bertz CT molecular complexity index is 1080. The number of sulfonamides is 1. The van der Waals surface area contributed by atoms with Crippen molar-refractivity contribution in [3.05, 3.63) is 58.7 Å². The van der Waals surface area contributed by atoms with Crippen molar-refractivity contribution in [1.29, 1.82) is 0 Å². The van der Waals surface area contributed by atoms with Gasteiger partial charge in [0, 0.05) is 6.54 Å². The van der Waals surface area contributed by atoms with Crippen LogP contribution in [-0.4, -0.2) is 32.6 Å². The predicted octanol–water partition coefficient (Wildman–Crippen LogP) is 4.23. The number of alkyl halides is 3. The molecule has 1 heterocycles. The molecule has 3 N–H and O–H groups in total. The summed E-state index contributed by atoms with van der Waals surface area (Å²) in [6, 6.07) is 6.78. The van der Waals surface area contributed by atoms with Crippen LogP contribution < -0.4 is 10.0 Å². The molecule has 6 nitrogen and oxygen atoms in total. The molecule has 2 aromatic carbocycles. The van der Waals surface area contributed by atoms with Gasteiger partial charge in [0.2, 0.25) is 0 Å². The zero-order valence-corrected chi connectivity index (χ0v) is 17.6. The maximum absolute atomic E-state index is 13.3. The van der Waals surface area contributed by atoms with Crippen LogP contribution in [0.25, 0.3) is 0 Å². The molecule has 1 saturated heterocycles. The third-order valence-electron chi connectivity index (χ3n) is 5.35. The van der Waals surface area contributed by atoms with Gasteiger partial charge in [-0.15, -0.1) is 0 Å². The van der Waals surface area contributed by atoms with Gasteiger partial charge < -0.3 is 10.4 Å². The van der Waals surface area contributed by atoms with Crippen molar-refractivity contribution in [2.75, 3.05) is 17.8 Å². The van der Waals surface area contributed by atoms with Crippen LogP contribution in [0.5, 0.6) is 0 Å². The van der Waals surface area contributed by atoms with Gasteiger partial charge >= 0.3 is 12.1 Å². The van der Waals surface area contributed by atoms with E-state index in [-0.39, 0.29) is 22.1 Å². The fourth-order valence-electron chi connectivity index (χ4n) is 3.72. The maximum atomic E-state index is 13.3. The minimum Gasteiger partial charge on any atom is -0.478 e. The first-order chi connectivity index (χ1) is 14.5. The van der Waals surface area contributed by atoms with E-state index in [4.69, 9.17) is 0 Å². The third kappa shape index (κ3) is 5.19. The van der Waals surface area contributed by atoms with Crippen molar-refractivity contribution < 1.29 is 31.5 Å². The Morgan fingerprint density at radius 1 is 1.23 bits per heavy atom. The molecule has 0 saturated carbocycles. The molecule has 2 aromatic rings. The van der Waals surface area contributed by atoms with Gasteiger partial charge in [0.05, 0.1) is 21.7 Å². The highest BCUT2D eigenvalue weighted by Gasteiger charge is 2.33. The predicted molar refractivity (Wildman–Crippen MR) is 110 cm³/mol. The van der Waals surface area contributed by atoms with Gasteiger partial charge in [0.1, 0.15) is 0 Å². The van der Waals surface area contributed by atoms with Crippen LogP contribution in [0.15, 0.2) is 41.3 Å². The Labute approximate surface area is 178 Å². The van der Waals surface area contributed by atoms with Crippen molar-refractivity contribution in [3.8, 4) is 0 Å². The number of piperidine rings is 1. The number of aromatic carboxylic acids is 1. The number of nitrogens with one attached hydrogen (secondary N) is 2. The van der Waals surface area contributed by atoms with Crippen molar-refractivity contribution in [3.63, 3.8) is 0 Å². The van der Waals surface area contributed by atoms with Crippen LogP contribution in [0.2, 0.25) is 0 Å². The zero-order valence-electron chi connectivity index (χ0n) is 16.8. The second kappa shape index (κ2) is 8.88. The molecule has 31 heavy (non-hydrogen) atoms. The molecule has 1 aliphatic heterocycles. The summed E-state index contributed by atoms with van der Waals surface area (Å²) >= 11 is 0. The van der Waals surface area contributed by atoms with Gasteiger partial charge in [-0.05, 0) is 67.1 Å². The lowest BCUT2D eigenvalue weighted by Crippen LogP contribution is -2.29. The summed E-state index contributed by atoms with van der Waals surface area (Å²) in [7, 11) is -4.34. The molecule has 0 radical (unpaired) electrons. The first-order valence-corrected chi connectivity index (χ1v) is 11.3. The van der Waals surface area contributed by atoms with Gasteiger partial charge in [0.25, 0.3) is 10.0 Å². The van der Waals surface area contributed by atoms with Crippen molar-refractivity contribution >= 4 is 21.7 Å². The second-order valence-corrected chi connectivity index (χ2v) is 9.08. The van der Waals surface area contributed by atoms with E-state index >= 15 is 0 Å². The smallest absolute Gasteiger partial charge is 0.416 e. The van der Waals surface area contributed by atoms with E-state index in [1.807, 2.05) is 0 Å².